The second-order valence-corrected chi connectivity index (χ2v) is 10.8. The molecule has 0 aliphatic carbocycles. The second kappa shape index (κ2) is 12.5. The van der Waals surface area contributed by atoms with Crippen LogP contribution in [0.2, 0.25) is 0 Å². The largest absolute Gasteiger partial charge is 0.507 e. The van der Waals surface area contributed by atoms with Crippen LogP contribution in [0.15, 0.2) is 78.4 Å². The number of amides is 1. The molecule has 1 saturated heterocycles. The molecule has 0 bridgehead atoms. The number of hydrogen-bond donors (Lipinski definition) is 1. The van der Waals surface area contributed by atoms with E-state index >= 15 is 0 Å². The van der Waals surface area contributed by atoms with Crippen LogP contribution < -0.4 is 14.4 Å². The molecule has 220 valence electrons. The van der Waals surface area contributed by atoms with Crippen LogP contribution in [-0.2, 0) is 20.9 Å². The Morgan fingerprint density at radius 1 is 1.00 bits per heavy atom. The smallest absolute Gasteiger partial charge is 0.350 e. The minimum Gasteiger partial charge on any atom is -0.507 e. The number of benzene rings is 3. The number of ketones is 1. The van der Waals surface area contributed by atoms with Gasteiger partial charge in [-0.25, -0.2) is 9.78 Å². The number of ether oxygens (including phenoxy) is 3. The summed E-state index contributed by atoms with van der Waals surface area (Å²) in [6.45, 7) is 6.17. The zero-order chi connectivity index (χ0) is 30.7. The maximum Gasteiger partial charge on any atom is 0.350 e. The first-order valence-electron chi connectivity index (χ1n) is 13.6. The van der Waals surface area contributed by atoms with Gasteiger partial charge in [0, 0.05) is 5.56 Å². The summed E-state index contributed by atoms with van der Waals surface area (Å²) in [5, 5.41) is 11.7. The Bertz CT molecular complexity index is 1710. The van der Waals surface area contributed by atoms with Crippen molar-refractivity contribution in [2.24, 2.45) is 0 Å². The number of methoxy groups -OCH3 is 1. The molecule has 1 fully saturated rings. The predicted octanol–water partition coefficient (Wildman–Crippen LogP) is 6.15. The van der Waals surface area contributed by atoms with Crippen LogP contribution in [0.1, 0.15) is 50.6 Å². The van der Waals surface area contributed by atoms with Crippen LogP contribution in [0.4, 0.5) is 5.13 Å². The molecule has 0 spiro atoms. The summed E-state index contributed by atoms with van der Waals surface area (Å²) in [7, 11) is 1.26. The van der Waals surface area contributed by atoms with Crippen molar-refractivity contribution in [3.8, 4) is 11.5 Å². The van der Waals surface area contributed by atoms with Gasteiger partial charge in [0.15, 0.2) is 5.13 Å². The minimum absolute atomic E-state index is 0.0982. The third-order valence-electron chi connectivity index (χ3n) is 7.00. The lowest BCUT2D eigenvalue weighted by Crippen LogP contribution is -2.29. The van der Waals surface area contributed by atoms with E-state index in [-0.39, 0.29) is 21.3 Å². The lowest BCUT2D eigenvalue weighted by molar-refractivity contribution is -0.132. The Hall–Kier alpha value is -4.96. The zero-order valence-corrected chi connectivity index (χ0v) is 24.9. The van der Waals surface area contributed by atoms with Gasteiger partial charge in [-0.3, -0.25) is 14.5 Å². The van der Waals surface area contributed by atoms with Crippen LogP contribution in [0.3, 0.4) is 0 Å². The topological polar surface area (TPSA) is 115 Å². The lowest BCUT2D eigenvalue weighted by Gasteiger charge is -2.23. The Morgan fingerprint density at radius 2 is 1.72 bits per heavy atom. The van der Waals surface area contributed by atoms with E-state index in [4.69, 9.17) is 14.2 Å². The molecule has 1 aliphatic heterocycles. The normalized spacial score (nSPS) is 15.9. The third kappa shape index (κ3) is 5.87. The number of Topliss-reactive ketones (excluding diaryl/α,β-unsaturated/α-hetero) is 1. The van der Waals surface area contributed by atoms with E-state index in [1.165, 1.54) is 12.0 Å². The van der Waals surface area contributed by atoms with Crippen LogP contribution in [0, 0.1) is 13.8 Å². The van der Waals surface area contributed by atoms with Crippen molar-refractivity contribution in [1.82, 2.24) is 4.98 Å². The van der Waals surface area contributed by atoms with Crippen LogP contribution >= 0.6 is 11.3 Å². The first-order valence-corrected chi connectivity index (χ1v) is 14.4. The average molecular weight is 599 g/mol. The molecule has 5 rings (SSSR count). The molecule has 9 nitrogen and oxygen atoms in total. The average Bonchev–Trinajstić information content (AvgIpc) is 3.52. The lowest BCUT2D eigenvalue weighted by atomic mass is 9.95. The van der Waals surface area contributed by atoms with Crippen molar-refractivity contribution >= 4 is 39.9 Å². The summed E-state index contributed by atoms with van der Waals surface area (Å²) in [4.78, 5) is 45.3. The van der Waals surface area contributed by atoms with Gasteiger partial charge in [-0.1, -0.05) is 53.8 Å². The molecule has 1 aliphatic rings. The standard InChI is InChI=1S/C33H30N2O7S/c1-5-41-24-14-11-22(12-15-24)27-26(29(37)31(38)35(27)33-34-20(3)30(43-33)32(39)40-4)28(36)23-13-16-25(19(2)17-23)42-18-21-9-7-6-8-10-21/h6-17,27,36H,5,18H2,1-4H3. The molecule has 43 heavy (non-hydrogen) atoms. The van der Waals surface area contributed by atoms with Crippen molar-refractivity contribution in [3.05, 3.63) is 111 Å². The molecule has 4 aromatic rings. The fourth-order valence-corrected chi connectivity index (χ4v) is 5.89. The number of aliphatic hydroxyl groups is 1. The molecule has 0 saturated carbocycles. The van der Waals surface area contributed by atoms with E-state index in [1.54, 1.807) is 49.4 Å². The Kier molecular flexibility index (Phi) is 8.58. The Morgan fingerprint density at radius 3 is 2.37 bits per heavy atom. The van der Waals surface area contributed by atoms with Gasteiger partial charge in [0.25, 0.3) is 5.78 Å². The summed E-state index contributed by atoms with van der Waals surface area (Å²) in [5.74, 6) is -1.43. The van der Waals surface area contributed by atoms with E-state index in [0.29, 0.717) is 41.5 Å². The first kappa shape index (κ1) is 29.5. The molecular weight excluding hydrogens is 568 g/mol. The van der Waals surface area contributed by atoms with Crippen LogP contribution in [0.5, 0.6) is 11.5 Å². The summed E-state index contributed by atoms with van der Waals surface area (Å²) in [6.07, 6.45) is 0. The van der Waals surface area contributed by atoms with Crippen molar-refractivity contribution in [3.63, 3.8) is 0 Å². The fraction of sp³-hybridized carbons (Fsp3) is 0.212. The Labute approximate surface area is 253 Å². The molecule has 0 radical (unpaired) electrons. The van der Waals surface area contributed by atoms with Gasteiger partial charge in [0.05, 0.1) is 31.0 Å². The maximum absolute atomic E-state index is 13.6. The molecule has 2 heterocycles. The predicted molar refractivity (Wildman–Crippen MR) is 163 cm³/mol. The summed E-state index contributed by atoms with van der Waals surface area (Å²) in [5.41, 5.74) is 2.92. The monoisotopic (exact) mass is 598 g/mol. The van der Waals surface area contributed by atoms with Crippen LogP contribution in [-0.4, -0.2) is 41.5 Å². The van der Waals surface area contributed by atoms with Gasteiger partial charge in [-0.2, -0.15) is 0 Å². The van der Waals surface area contributed by atoms with Crippen LogP contribution in [0.25, 0.3) is 5.76 Å². The molecular formula is C33H30N2O7S. The molecule has 10 heteroatoms. The summed E-state index contributed by atoms with van der Waals surface area (Å²) >= 11 is 0.944. The van der Waals surface area contributed by atoms with E-state index < -0.39 is 23.7 Å². The number of aryl methyl sites for hydroxylation is 2. The van der Waals surface area contributed by atoms with Crippen molar-refractivity contribution in [2.45, 2.75) is 33.4 Å². The summed E-state index contributed by atoms with van der Waals surface area (Å²) in [6, 6.07) is 20.7. The highest BCUT2D eigenvalue weighted by Gasteiger charge is 2.48. The molecule has 1 amide bonds. The molecule has 1 N–H and O–H groups in total. The van der Waals surface area contributed by atoms with Crippen molar-refractivity contribution in [2.75, 3.05) is 18.6 Å². The Balaban J connectivity index is 1.57. The second-order valence-electron chi connectivity index (χ2n) is 9.83. The van der Waals surface area contributed by atoms with Gasteiger partial charge in [-0.05, 0) is 67.8 Å². The van der Waals surface area contributed by atoms with E-state index in [2.05, 4.69) is 4.98 Å². The number of anilines is 1. The number of aromatic nitrogens is 1. The summed E-state index contributed by atoms with van der Waals surface area (Å²) < 4.78 is 16.4. The number of thiazole rings is 1. The number of aliphatic hydroxyl groups excluding tert-OH is 1. The highest BCUT2D eigenvalue weighted by Crippen LogP contribution is 2.44. The van der Waals surface area contributed by atoms with E-state index in [0.717, 1.165) is 22.5 Å². The maximum atomic E-state index is 13.6. The number of rotatable bonds is 9. The number of nitrogens with zero attached hydrogens (tertiary/aromatic N) is 2. The van der Waals surface area contributed by atoms with Gasteiger partial charge < -0.3 is 19.3 Å². The van der Waals surface area contributed by atoms with E-state index in [9.17, 15) is 19.5 Å². The van der Waals surface area contributed by atoms with Crippen molar-refractivity contribution in [1.29, 1.82) is 0 Å². The van der Waals surface area contributed by atoms with Gasteiger partial charge in [-0.15, -0.1) is 0 Å². The first-order chi connectivity index (χ1) is 20.7. The SMILES string of the molecule is CCOc1ccc(C2C(=C(O)c3ccc(OCc4ccccc4)c(C)c3)C(=O)C(=O)N2c2nc(C)c(C(=O)OC)s2)cc1. The zero-order valence-electron chi connectivity index (χ0n) is 24.1. The molecule has 3 aromatic carbocycles. The number of hydrogen-bond acceptors (Lipinski definition) is 9. The highest BCUT2D eigenvalue weighted by atomic mass is 32.1. The number of carbonyl (C=O) groups excluding carboxylic acids is 3. The van der Waals surface area contributed by atoms with Gasteiger partial charge >= 0.3 is 11.9 Å². The number of esters is 1. The third-order valence-corrected chi connectivity index (χ3v) is 8.14. The van der Waals surface area contributed by atoms with Crippen molar-refractivity contribution < 1.29 is 33.7 Å². The minimum atomic E-state index is -1.01. The molecule has 1 unspecified atom stereocenters. The number of carbonyl (C=O) groups is 3. The molecule has 1 aromatic heterocycles. The van der Waals surface area contributed by atoms with Gasteiger partial charge in [0.1, 0.15) is 28.7 Å². The quantitative estimate of drug-likeness (QED) is 0.106. The fourth-order valence-electron chi connectivity index (χ4n) is 4.88. The molecule has 1 atom stereocenters. The van der Waals surface area contributed by atoms with Gasteiger partial charge in [0.2, 0.25) is 0 Å². The van der Waals surface area contributed by atoms with E-state index in [1.807, 2.05) is 44.2 Å². The highest BCUT2D eigenvalue weighted by molar-refractivity contribution is 7.17.